The van der Waals surface area contributed by atoms with Gasteiger partial charge in [0.05, 0.1) is 0 Å². The van der Waals surface area contributed by atoms with Crippen molar-refractivity contribution in [2.75, 3.05) is 48.8 Å². The van der Waals surface area contributed by atoms with Crippen LogP contribution in [-0.4, -0.2) is 45.3 Å². The summed E-state index contributed by atoms with van der Waals surface area (Å²) in [5, 5.41) is 10.9. The number of nitrogens with two attached hydrogens (primary N) is 1. The zero-order valence-corrected chi connectivity index (χ0v) is 11.9. The number of benzene rings is 1. The Balaban J connectivity index is 2.46. The lowest BCUT2D eigenvalue weighted by molar-refractivity contribution is -0.116. The molecule has 1 amide bonds. The zero-order chi connectivity index (χ0) is 14.7. The predicted molar refractivity (Wildman–Crippen MR) is 82.9 cm³/mol. The van der Waals surface area contributed by atoms with Gasteiger partial charge in [0.1, 0.15) is 0 Å². The van der Waals surface area contributed by atoms with Gasteiger partial charge in [0.15, 0.2) is 0 Å². The molecule has 0 aromatic heterocycles. The fraction of sp³-hybridized carbons (Fsp3) is 0.429. The molecule has 1 aliphatic rings. The lowest BCUT2D eigenvalue weighted by Gasteiger charge is -2.32. The quantitative estimate of drug-likeness (QED) is 0.559. The molecule has 4 N–H and O–H groups in total. The normalized spacial score (nSPS) is 15.0. The molecule has 0 aliphatic carbocycles. The molecule has 1 aromatic rings. The van der Waals surface area contributed by atoms with Crippen molar-refractivity contribution in [3.63, 3.8) is 0 Å². The summed E-state index contributed by atoms with van der Waals surface area (Å²) >= 11 is 0. The molecule has 1 aromatic carbocycles. The highest BCUT2D eigenvalue weighted by atomic mass is 16.2. The first kappa shape index (κ1) is 14.3. The van der Waals surface area contributed by atoms with Crippen molar-refractivity contribution in [2.24, 2.45) is 0 Å². The summed E-state index contributed by atoms with van der Waals surface area (Å²) in [6, 6.07) is 3.68. The summed E-state index contributed by atoms with van der Waals surface area (Å²) in [5.74, 6) is -0.0433. The molecule has 0 radical (unpaired) electrons. The molecule has 0 spiro atoms. The second-order valence-corrected chi connectivity index (χ2v) is 4.93. The van der Waals surface area contributed by atoms with Gasteiger partial charge >= 0.3 is 0 Å². The van der Waals surface area contributed by atoms with E-state index in [4.69, 9.17) is 11.1 Å². The molecule has 6 nitrogen and oxygen atoms in total. The van der Waals surface area contributed by atoms with Gasteiger partial charge in [-0.15, -0.1) is 0 Å². The Kier molecular flexibility index (Phi) is 4.24. The smallest absolute Gasteiger partial charge is 0.223 e. The Bertz CT molecular complexity index is 523. The van der Waals surface area contributed by atoms with Gasteiger partial charge in [-0.2, -0.15) is 0 Å². The SMILES string of the molecule is CC(=O)N(C)c1cc(N)c(C=N)c(N2CCNCC2)c1. The van der Waals surface area contributed by atoms with E-state index in [-0.39, 0.29) is 5.91 Å². The highest BCUT2D eigenvalue weighted by molar-refractivity contribution is 5.98. The number of amides is 1. The predicted octanol–water partition coefficient (Wildman–Crippen LogP) is 0.659. The van der Waals surface area contributed by atoms with E-state index in [1.54, 1.807) is 18.0 Å². The number of hydrogen-bond acceptors (Lipinski definition) is 5. The average Bonchev–Trinajstić information content (AvgIpc) is 2.46. The minimum atomic E-state index is -0.0433. The second kappa shape index (κ2) is 5.92. The van der Waals surface area contributed by atoms with Crippen LogP contribution in [0.5, 0.6) is 0 Å². The molecular weight excluding hydrogens is 254 g/mol. The van der Waals surface area contributed by atoms with Crippen LogP contribution in [-0.2, 0) is 4.79 Å². The minimum Gasteiger partial charge on any atom is -0.398 e. The van der Waals surface area contributed by atoms with Crippen molar-refractivity contribution in [1.82, 2.24) is 5.32 Å². The first-order valence-electron chi connectivity index (χ1n) is 6.68. The largest absolute Gasteiger partial charge is 0.398 e. The van der Waals surface area contributed by atoms with E-state index in [1.165, 1.54) is 13.1 Å². The van der Waals surface area contributed by atoms with Gasteiger partial charge in [0, 0.05) is 69.0 Å². The fourth-order valence-corrected chi connectivity index (χ4v) is 2.34. The number of carbonyl (C=O) groups excluding carboxylic acids is 1. The Morgan fingerprint density at radius 1 is 1.45 bits per heavy atom. The average molecular weight is 275 g/mol. The molecule has 1 saturated heterocycles. The zero-order valence-electron chi connectivity index (χ0n) is 11.9. The van der Waals surface area contributed by atoms with E-state index in [2.05, 4.69) is 10.2 Å². The van der Waals surface area contributed by atoms with Crippen LogP contribution in [0.2, 0.25) is 0 Å². The van der Waals surface area contributed by atoms with Crippen molar-refractivity contribution >= 4 is 29.2 Å². The van der Waals surface area contributed by atoms with E-state index in [0.29, 0.717) is 11.3 Å². The second-order valence-electron chi connectivity index (χ2n) is 4.93. The molecule has 0 saturated carbocycles. The number of rotatable bonds is 3. The fourth-order valence-electron chi connectivity index (χ4n) is 2.34. The molecule has 20 heavy (non-hydrogen) atoms. The van der Waals surface area contributed by atoms with Crippen molar-refractivity contribution in [3.8, 4) is 0 Å². The minimum absolute atomic E-state index is 0.0433. The van der Waals surface area contributed by atoms with Crippen LogP contribution in [0.1, 0.15) is 12.5 Å². The Morgan fingerprint density at radius 2 is 2.10 bits per heavy atom. The van der Waals surface area contributed by atoms with Crippen LogP contribution in [0.15, 0.2) is 12.1 Å². The van der Waals surface area contributed by atoms with Gasteiger partial charge < -0.3 is 26.3 Å². The number of piperazine rings is 1. The first-order chi connectivity index (χ1) is 9.54. The highest BCUT2D eigenvalue weighted by Crippen LogP contribution is 2.31. The van der Waals surface area contributed by atoms with E-state index in [0.717, 1.165) is 37.6 Å². The molecule has 1 aliphatic heterocycles. The lowest BCUT2D eigenvalue weighted by atomic mass is 10.1. The van der Waals surface area contributed by atoms with Crippen molar-refractivity contribution in [2.45, 2.75) is 6.92 Å². The maximum absolute atomic E-state index is 11.5. The number of nitrogens with zero attached hydrogens (tertiary/aromatic N) is 2. The van der Waals surface area contributed by atoms with E-state index in [9.17, 15) is 4.79 Å². The number of carbonyl (C=O) groups is 1. The molecule has 1 heterocycles. The Hall–Kier alpha value is -2.08. The summed E-state index contributed by atoms with van der Waals surface area (Å²) in [5.41, 5.74) is 8.97. The van der Waals surface area contributed by atoms with Gasteiger partial charge in [-0.25, -0.2) is 0 Å². The van der Waals surface area contributed by atoms with Gasteiger partial charge in [-0.3, -0.25) is 4.79 Å². The summed E-state index contributed by atoms with van der Waals surface area (Å²) in [6.45, 7) is 5.07. The molecule has 0 bridgehead atoms. The third-order valence-corrected chi connectivity index (χ3v) is 3.64. The molecule has 6 heteroatoms. The van der Waals surface area contributed by atoms with Crippen LogP contribution < -0.4 is 20.9 Å². The number of anilines is 3. The molecular formula is C14H21N5O. The van der Waals surface area contributed by atoms with Crippen LogP contribution >= 0.6 is 0 Å². The Morgan fingerprint density at radius 3 is 2.65 bits per heavy atom. The maximum Gasteiger partial charge on any atom is 0.223 e. The third-order valence-electron chi connectivity index (χ3n) is 3.64. The first-order valence-corrected chi connectivity index (χ1v) is 6.68. The van der Waals surface area contributed by atoms with Gasteiger partial charge in [-0.1, -0.05) is 0 Å². The summed E-state index contributed by atoms with van der Waals surface area (Å²) in [7, 11) is 1.72. The van der Waals surface area contributed by atoms with Gasteiger partial charge in [-0.05, 0) is 12.1 Å². The van der Waals surface area contributed by atoms with Gasteiger partial charge in [0.2, 0.25) is 5.91 Å². The summed E-state index contributed by atoms with van der Waals surface area (Å²) < 4.78 is 0. The number of nitrogen functional groups attached to an aromatic ring is 1. The Labute approximate surface area is 119 Å². The molecule has 2 rings (SSSR count). The number of nitrogens with one attached hydrogen (secondary N) is 2. The van der Waals surface area contributed by atoms with Crippen molar-refractivity contribution < 1.29 is 4.79 Å². The standard InChI is InChI=1S/C14H21N5O/c1-10(20)18(2)11-7-13(16)12(9-15)14(8-11)19-5-3-17-4-6-19/h7-9,15,17H,3-6,16H2,1-2H3. The van der Waals surface area contributed by atoms with Crippen LogP contribution in [0, 0.1) is 5.41 Å². The molecule has 1 fully saturated rings. The molecule has 108 valence electrons. The van der Waals surface area contributed by atoms with E-state index >= 15 is 0 Å². The summed E-state index contributed by atoms with van der Waals surface area (Å²) in [4.78, 5) is 15.3. The highest BCUT2D eigenvalue weighted by Gasteiger charge is 2.18. The van der Waals surface area contributed by atoms with E-state index < -0.39 is 0 Å². The lowest BCUT2D eigenvalue weighted by Crippen LogP contribution is -2.44. The van der Waals surface area contributed by atoms with Gasteiger partial charge in [0.25, 0.3) is 0 Å². The number of hydrogen-bond donors (Lipinski definition) is 3. The molecule has 0 atom stereocenters. The monoisotopic (exact) mass is 275 g/mol. The van der Waals surface area contributed by atoms with Crippen LogP contribution in [0.3, 0.4) is 0 Å². The maximum atomic E-state index is 11.5. The van der Waals surface area contributed by atoms with Crippen molar-refractivity contribution in [1.29, 1.82) is 5.41 Å². The van der Waals surface area contributed by atoms with Crippen LogP contribution in [0.4, 0.5) is 17.1 Å². The topological polar surface area (TPSA) is 85.5 Å². The molecule has 0 unspecified atom stereocenters. The third kappa shape index (κ3) is 2.75. The summed E-state index contributed by atoms with van der Waals surface area (Å²) in [6.07, 6.45) is 1.28. The van der Waals surface area contributed by atoms with E-state index in [1.807, 2.05) is 6.07 Å². The van der Waals surface area contributed by atoms with Crippen molar-refractivity contribution in [3.05, 3.63) is 17.7 Å². The van der Waals surface area contributed by atoms with Crippen LogP contribution in [0.25, 0.3) is 0 Å².